The number of rotatable bonds is 17. The van der Waals surface area contributed by atoms with E-state index < -0.39 is 30.2 Å². The van der Waals surface area contributed by atoms with Gasteiger partial charge < -0.3 is 33.5 Å². The first kappa shape index (κ1) is 39.6. The Balaban J connectivity index is 1.32. The van der Waals surface area contributed by atoms with Crippen LogP contribution in [0.5, 0.6) is 5.75 Å². The highest BCUT2D eigenvalue weighted by Gasteiger charge is 2.59. The minimum atomic E-state index is -2.09. The van der Waals surface area contributed by atoms with E-state index in [1.807, 2.05) is 171 Å². The van der Waals surface area contributed by atoms with Crippen molar-refractivity contribution in [2.24, 2.45) is 0 Å². The molecular weight excluding hydrogens is 768 g/mol. The van der Waals surface area contributed by atoms with Gasteiger partial charge in [0.05, 0.1) is 38.6 Å². The van der Waals surface area contributed by atoms with Gasteiger partial charge >= 0.3 is 0 Å². The highest BCUT2D eigenvalue weighted by atomic mass is 79.9. The summed E-state index contributed by atoms with van der Waals surface area (Å²) >= 11 is 3.74. The Bertz CT molecular complexity index is 2070. The lowest BCUT2D eigenvalue weighted by atomic mass is 9.85. The Morgan fingerprint density at radius 2 is 0.964 bits per heavy atom. The molecule has 56 heavy (non-hydrogen) atoms. The summed E-state index contributed by atoms with van der Waals surface area (Å²) in [6.07, 6.45) is -3.46. The average Bonchev–Trinajstić information content (AvgIpc) is 3.24. The van der Waals surface area contributed by atoms with Crippen LogP contribution in [0, 0.1) is 6.92 Å². The van der Waals surface area contributed by atoms with Gasteiger partial charge in [-0.25, -0.2) is 0 Å². The second-order valence-electron chi connectivity index (χ2n) is 13.9. The second-order valence-corrected chi connectivity index (χ2v) is 14.8. The van der Waals surface area contributed by atoms with Crippen molar-refractivity contribution in [3.63, 3.8) is 0 Å². The Morgan fingerprint density at radius 1 is 0.536 bits per heavy atom. The van der Waals surface area contributed by atoms with Crippen LogP contribution in [0.2, 0.25) is 0 Å². The van der Waals surface area contributed by atoms with Crippen LogP contribution in [-0.2, 0) is 62.5 Å². The van der Waals surface area contributed by atoms with Gasteiger partial charge in [0.15, 0.2) is 0 Å². The SMILES string of the molecule is Cc1c(Br)ccc(OCc2ccccc2)c1C1(O)O[C@H](COCc2ccccc2)[C@@H](OCc2ccccc2)[C@H](OCc2ccccc2)[C@H]1OCc1ccccc1. The first-order valence-corrected chi connectivity index (χ1v) is 19.7. The van der Waals surface area contributed by atoms with E-state index in [1.54, 1.807) is 0 Å². The molecule has 7 rings (SSSR count). The molecule has 0 radical (unpaired) electrons. The lowest BCUT2D eigenvalue weighted by Gasteiger charge is -2.51. The monoisotopic (exact) mass is 814 g/mol. The highest BCUT2D eigenvalue weighted by Crippen LogP contribution is 2.47. The van der Waals surface area contributed by atoms with Gasteiger partial charge in [-0.2, -0.15) is 0 Å². The molecule has 0 aliphatic carbocycles. The molecule has 1 unspecified atom stereocenters. The van der Waals surface area contributed by atoms with Crippen molar-refractivity contribution >= 4 is 15.9 Å². The maximum absolute atomic E-state index is 13.5. The smallest absolute Gasteiger partial charge is 0.226 e. The quantitative estimate of drug-likeness (QED) is 0.0983. The van der Waals surface area contributed by atoms with Gasteiger partial charge in [-0.1, -0.05) is 168 Å². The molecule has 0 amide bonds. The van der Waals surface area contributed by atoms with Crippen molar-refractivity contribution in [2.75, 3.05) is 6.61 Å². The van der Waals surface area contributed by atoms with Crippen LogP contribution in [0.15, 0.2) is 168 Å². The number of ether oxygens (including phenoxy) is 6. The maximum atomic E-state index is 13.5. The van der Waals surface area contributed by atoms with Gasteiger partial charge in [-0.05, 0) is 52.4 Å². The predicted molar refractivity (Wildman–Crippen MR) is 220 cm³/mol. The average molecular weight is 816 g/mol. The number of aliphatic hydroxyl groups is 1. The fourth-order valence-electron chi connectivity index (χ4n) is 7.02. The summed E-state index contributed by atoms with van der Waals surface area (Å²) in [5.74, 6) is -1.64. The fraction of sp³-hybridized carbons (Fsp3) is 0.250. The van der Waals surface area contributed by atoms with Crippen molar-refractivity contribution in [1.82, 2.24) is 0 Å². The molecule has 0 bridgehead atoms. The molecule has 5 atom stereocenters. The lowest BCUT2D eigenvalue weighted by molar-refractivity contribution is -0.379. The molecule has 1 aliphatic heterocycles. The predicted octanol–water partition coefficient (Wildman–Crippen LogP) is 9.85. The largest absolute Gasteiger partial charge is 0.488 e. The van der Waals surface area contributed by atoms with Crippen molar-refractivity contribution in [3.8, 4) is 5.75 Å². The minimum absolute atomic E-state index is 0.0977. The molecule has 1 fully saturated rings. The maximum Gasteiger partial charge on any atom is 0.226 e. The molecule has 0 spiro atoms. The topological polar surface area (TPSA) is 75.6 Å². The van der Waals surface area contributed by atoms with Crippen molar-refractivity contribution in [2.45, 2.75) is 70.2 Å². The zero-order chi connectivity index (χ0) is 38.6. The van der Waals surface area contributed by atoms with Crippen LogP contribution in [0.4, 0.5) is 0 Å². The van der Waals surface area contributed by atoms with E-state index >= 15 is 0 Å². The van der Waals surface area contributed by atoms with Gasteiger partial charge in [0, 0.05) is 4.47 Å². The summed E-state index contributed by atoms with van der Waals surface area (Å²) in [5.41, 5.74) is 6.05. The number of hydrogen-bond donors (Lipinski definition) is 1. The molecule has 6 aromatic rings. The van der Waals surface area contributed by atoms with Gasteiger partial charge in [-0.15, -0.1) is 0 Å². The van der Waals surface area contributed by atoms with Crippen LogP contribution >= 0.6 is 15.9 Å². The highest BCUT2D eigenvalue weighted by molar-refractivity contribution is 9.10. The number of halogens is 1. The van der Waals surface area contributed by atoms with Crippen LogP contribution < -0.4 is 4.74 Å². The summed E-state index contributed by atoms with van der Waals surface area (Å²) in [6, 6.07) is 53.5. The third-order valence-corrected chi connectivity index (χ3v) is 10.8. The third kappa shape index (κ3) is 10.0. The van der Waals surface area contributed by atoms with Crippen molar-refractivity contribution < 1.29 is 33.5 Å². The zero-order valence-corrected chi connectivity index (χ0v) is 33.0. The van der Waals surface area contributed by atoms with Crippen molar-refractivity contribution in [3.05, 3.63) is 207 Å². The van der Waals surface area contributed by atoms with Gasteiger partial charge in [0.1, 0.15) is 36.8 Å². The molecule has 288 valence electrons. The molecule has 1 saturated heterocycles. The molecular formula is C48H47BrO7. The standard InChI is InChI=1S/C48H47BrO7/c1-35-41(49)27-28-42(52-30-37-19-9-3-10-20-37)44(35)48(50)47(55-33-40-25-15-6-16-26-40)46(54-32-39-23-13-5-14-24-39)45(53-31-38-21-11-4-12-22-38)43(56-48)34-51-29-36-17-7-2-8-18-36/h2-28,43,45-47,50H,29-34H2,1H3/t43-,45-,46+,47-,48?/m1/s1. The van der Waals surface area contributed by atoms with Crippen LogP contribution in [-0.4, -0.2) is 36.1 Å². The molecule has 7 nitrogen and oxygen atoms in total. The molecule has 1 aliphatic rings. The van der Waals surface area contributed by atoms with Crippen LogP contribution in [0.3, 0.4) is 0 Å². The number of benzene rings is 6. The van der Waals surface area contributed by atoms with Gasteiger partial charge in [0.2, 0.25) is 5.79 Å². The van der Waals surface area contributed by atoms with Crippen LogP contribution in [0.1, 0.15) is 38.9 Å². The summed E-state index contributed by atoms with van der Waals surface area (Å²) in [7, 11) is 0. The summed E-state index contributed by atoms with van der Waals surface area (Å²) in [5, 5.41) is 13.5. The Labute approximate surface area is 337 Å². The molecule has 0 aromatic heterocycles. The molecule has 1 N–H and O–H groups in total. The Morgan fingerprint density at radius 3 is 1.46 bits per heavy atom. The third-order valence-electron chi connectivity index (χ3n) is 9.90. The first-order chi connectivity index (χ1) is 27.5. The Hall–Kier alpha value is -4.64. The molecule has 0 saturated carbocycles. The summed E-state index contributed by atoms with van der Waals surface area (Å²) < 4.78 is 41.3. The Kier molecular flexibility index (Phi) is 13.8. The summed E-state index contributed by atoms with van der Waals surface area (Å²) in [4.78, 5) is 0. The van der Waals surface area contributed by atoms with Gasteiger partial charge in [0.25, 0.3) is 0 Å². The van der Waals surface area contributed by atoms with E-state index in [4.69, 9.17) is 28.4 Å². The van der Waals surface area contributed by atoms with E-state index in [1.165, 1.54) is 0 Å². The van der Waals surface area contributed by atoms with E-state index in [0.29, 0.717) is 17.9 Å². The fourth-order valence-corrected chi connectivity index (χ4v) is 7.35. The second kappa shape index (κ2) is 19.5. The van der Waals surface area contributed by atoms with Crippen molar-refractivity contribution in [1.29, 1.82) is 0 Å². The first-order valence-electron chi connectivity index (χ1n) is 18.9. The van der Waals surface area contributed by atoms with E-state index in [2.05, 4.69) is 15.9 Å². The number of hydrogen-bond acceptors (Lipinski definition) is 7. The van der Waals surface area contributed by atoms with E-state index in [9.17, 15) is 5.11 Å². The normalized spacial score (nSPS) is 20.8. The summed E-state index contributed by atoms with van der Waals surface area (Å²) in [6.45, 7) is 3.35. The van der Waals surface area contributed by atoms with Crippen LogP contribution in [0.25, 0.3) is 0 Å². The zero-order valence-electron chi connectivity index (χ0n) is 31.4. The molecule has 6 aromatic carbocycles. The lowest BCUT2D eigenvalue weighted by Crippen LogP contribution is -2.66. The molecule has 1 heterocycles. The van der Waals surface area contributed by atoms with E-state index in [0.717, 1.165) is 37.9 Å². The molecule has 8 heteroatoms. The minimum Gasteiger partial charge on any atom is -0.488 e. The van der Waals surface area contributed by atoms with Gasteiger partial charge in [-0.3, -0.25) is 0 Å². The van der Waals surface area contributed by atoms with E-state index in [-0.39, 0.29) is 33.0 Å².